The largest absolute Gasteiger partial charge is 0.481 e. The molecule has 11 heteroatoms. The molecule has 1 amide bonds. The summed E-state index contributed by atoms with van der Waals surface area (Å²) in [6, 6.07) is 15.6. The highest BCUT2D eigenvalue weighted by atomic mass is 32.2. The Kier molecular flexibility index (Phi) is 8.69. The Morgan fingerprint density at radius 1 is 1.08 bits per heavy atom. The molecular weight excluding hydrogens is 483 g/mol. The summed E-state index contributed by atoms with van der Waals surface area (Å²) in [4.78, 5) is 35.2. The summed E-state index contributed by atoms with van der Waals surface area (Å²) in [5.41, 5.74) is 0.553. The Labute approximate surface area is 212 Å². The number of carboxylic acids is 1. The number of carboxylic acid groups (broad SMARTS) is 1. The van der Waals surface area contributed by atoms with Crippen molar-refractivity contribution in [3.8, 4) is 0 Å². The smallest absolute Gasteiger partial charge is 0.306 e. The van der Waals surface area contributed by atoms with E-state index in [1.165, 1.54) is 18.0 Å². The molecule has 4 rings (SSSR count). The Bertz CT molecular complexity index is 1160. The van der Waals surface area contributed by atoms with E-state index < -0.39 is 23.9 Å². The van der Waals surface area contributed by atoms with E-state index in [9.17, 15) is 19.1 Å². The Hall–Kier alpha value is -3.70. The number of anilines is 2. The number of nitrogens with zero attached hydrogens (tertiary/aromatic N) is 3. The summed E-state index contributed by atoms with van der Waals surface area (Å²) in [6.45, 7) is 1.29. The zero-order valence-corrected chi connectivity index (χ0v) is 20.2. The highest BCUT2D eigenvalue weighted by Crippen LogP contribution is 2.25. The number of amides is 1. The van der Waals surface area contributed by atoms with Crippen LogP contribution >= 0.6 is 11.9 Å². The van der Waals surface area contributed by atoms with Crippen molar-refractivity contribution in [3.63, 3.8) is 0 Å². The lowest BCUT2D eigenvalue weighted by Crippen LogP contribution is -2.44. The summed E-state index contributed by atoms with van der Waals surface area (Å²) in [7, 11) is 0. The van der Waals surface area contributed by atoms with Gasteiger partial charge >= 0.3 is 5.97 Å². The second kappa shape index (κ2) is 12.3. The van der Waals surface area contributed by atoms with Crippen LogP contribution in [0.4, 0.5) is 16.0 Å². The van der Waals surface area contributed by atoms with Crippen molar-refractivity contribution in [2.24, 2.45) is 0 Å². The summed E-state index contributed by atoms with van der Waals surface area (Å²) >= 11 is 1.21. The van der Waals surface area contributed by atoms with Gasteiger partial charge in [0.2, 0.25) is 5.95 Å². The SMILES string of the molecule is O=C(O)CC(NSc1ccccc1)NC(=O)c1ccc(N2CCC(Nc3ncccn3)CC2)c(F)c1. The molecule has 188 valence electrons. The van der Waals surface area contributed by atoms with Gasteiger partial charge in [0.25, 0.3) is 5.91 Å². The summed E-state index contributed by atoms with van der Waals surface area (Å²) < 4.78 is 17.9. The quantitative estimate of drug-likeness (QED) is 0.240. The molecule has 3 aromatic rings. The van der Waals surface area contributed by atoms with Crippen molar-refractivity contribution in [2.75, 3.05) is 23.3 Å². The molecular formula is C25H27FN6O3S. The fourth-order valence-electron chi connectivity index (χ4n) is 3.89. The Balaban J connectivity index is 1.33. The number of nitrogens with one attached hydrogen (secondary N) is 3. The monoisotopic (exact) mass is 510 g/mol. The molecule has 0 saturated carbocycles. The van der Waals surface area contributed by atoms with Crippen LogP contribution in [0.5, 0.6) is 0 Å². The lowest BCUT2D eigenvalue weighted by Gasteiger charge is -2.34. The third kappa shape index (κ3) is 7.15. The minimum atomic E-state index is -1.07. The molecule has 0 aliphatic carbocycles. The molecule has 1 aliphatic rings. The van der Waals surface area contributed by atoms with Crippen molar-refractivity contribution >= 4 is 35.5 Å². The number of halogens is 1. The third-order valence-electron chi connectivity index (χ3n) is 5.69. The predicted molar refractivity (Wildman–Crippen MR) is 136 cm³/mol. The zero-order valence-electron chi connectivity index (χ0n) is 19.4. The maximum atomic E-state index is 15.0. The molecule has 0 spiro atoms. The topological polar surface area (TPSA) is 119 Å². The van der Waals surface area contributed by atoms with E-state index in [2.05, 4.69) is 25.3 Å². The predicted octanol–water partition coefficient (Wildman–Crippen LogP) is 3.52. The molecule has 4 N–H and O–H groups in total. The van der Waals surface area contributed by atoms with E-state index >= 15 is 0 Å². The van der Waals surface area contributed by atoms with E-state index in [1.54, 1.807) is 30.6 Å². The molecule has 1 atom stereocenters. The van der Waals surface area contributed by atoms with Crippen LogP contribution in [0.1, 0.15) is 29.6 Å². The van der Waals surface area contributed by atoms with Gasteiger partial charge in [-0.25, -0.2) is 19.1 Å². The van der Waals surface area contributed by atoms with E-state index in [0.717, 1.165) is 17.7 Å². The lowest BCUT2D eigenvalue weighted by atomic mass is 10.0. The van der Waals surface area contributed by atoms with Crippen molar-refractivity contribution in [2.45, 2.75) is 36.4 Å². The van der Waals surface area contributed by atoms with Crippen molar-refractivity contribution in [1.29, 1.82) is 0 Å². The second-order valence-electron chi connectivity index (χ2n) is 8.30. The molecule has 1 saturated heterocycles. The number of hydrogen-bond donors (Lipinski definition) is 4. The molecule has 36 heavy (non-hydrogen) atoms. The number of benzene rings is 2. The van der Waals surface area contributed by atoms with E-state index in [1.807, 2.05) is 35.2 Å². The fourth-order valence-corrected chi connectivity index (χ4v) is 4.61. The van der Waals surface area contributed by atoms with Gasteiger partial charge in [-0.2, -0.15) is 0 Å². The number of rotatable bonds is 10. The van der Waals surface area contributed by atoms with Crippen LogP contribution in [-0.4, -0.2) is 52.2 Å². The van der Waals surface area contributed by atoms with Crippen LogP contribution in [-0.2, 0) is 4.79 Å². The highest BCUT2D eigenvalue weighted by molar-refractivity contribution is 7.97. The van der Waals surface area contributed by atoms with Crippen molar-refractivity contribution in [3.05, 3.63) is 78.4 Å². The van der Waals surface area contributed by atoms with Gasteiger partial charge in [0.05, 0.1) is 18.3 Å². The van der Waals surface area contributed by atoms with E-state index in [4.69, 9.17) is 0 Å². The molecule has 1 aromatic heterocycles. The molecule has 1 unspecified atom stereocenters. The molecule has 0 bridgehead atoms. The maximum absolute atomic E-state index is 15.0. The van der Waals surface area contributed by atoms with Gasteiger partial charge in [-0.1, -0.05) is 18.2 Å². The normalized spacial score (nSPS) is 14.8. The molecule has 1 fully saturated rings. The number of hydrogen-bond acceptors (Lipinski definition) is 8. The summed E-state index contributed by atoms with van der Waals surface area (Å²) in [5.74, 6) is -1.55. The number of aromatic nitrogens is 2. The minimum absolute atomic E-state index is 0.121. The van der Waals surface area contributed by atoms with E-state index in [0.29, 0.717) is 24.7 Å². The zero-order chi connectivity index (χ0) is 25.3. The number of piperidine rings is 1. The van der Waals surface area contributed by atoms with Gasteiger partial charge in [0.15, 0.2) is 0 Å². The van der Waals surface area contributed by atoms with Crippen LogP contribution in [0.25, 0.3) is 0 Å². The first kappa shape index (κ1) is 25.4. The first-order valence-corrected chi connectivity index (χ1v) is 12.4. The molecule has 9 nitrogen and oxygen atoms in total. The first-order chi connectivity index (χ1) is 17.5. The van der Waals surface area contributed by atoms with E-state index in [-0.39, 0.29) is 18.0 Å². The van der Waals surface area contributed by atoms with Crippen LogP contribution in [0.15, 0.2) is 71.9 Å². The summed E-state index contributed by atoms with van der Waals surface area (Å²) in [5, 5.41) is 15.1. The maximum Gasteiger partial charge on any atom is 0.306 e. The van der Waals surface area contributed by atoms with Crippen LogP contribution < -0.4 is 20.3 Å². The van der Waals surface area contributed by atoms with Gasteiger partial charge in [-0.15, -0.1) is 0 Å². The van der Waals surface area contributed by atoms with Crippen molar-refractivity contribution < 1.29 is 19.1 Å². The number of carbonyl (C=O) groups is 2. The minimum Gasteiger partial charge on any atom is -0.481 e. The van der Waals surface area contributed by atoms with Gasteiger partial charge < -0.3 is 20.6 Å². The molecule has 2 heterocycles. The average Bonchev–Trinajstić information content (AvgIpc) is 2.89. The van der Waals surface area contributed by atoms with Crippen molar-refractivity contribution in [1.82, 2.24) is 20.0 Å². The third-order valence-corrected chi connectivity index (χ3v) is 6.60. The standard InChI is InChI=1S/C25H27FN6O3S/c26-20-15-17(24(35)30-22(16-23(33)34)31-36-19-5-2-1-3-6-19)7-8-21(20)32-13-9-18(10-14-32)29-25-27-11-4-12-28-25/h1-8,11-12,15,18,22,31H,9-10,13-14,16H2,(H,30,35)(H,33,34)(H,27,28,29). The van der Waals surface area contributed by atoms with Crippen LogP contribution in [0, 0.1) is 5.82 Å². The van der Waals surface area contributed by atoms with Crippen LogP contribution in [0.2, 0.25) is 0 Å². The van der Waals surface area contributed by atoms with Gasteiger partial charge in [-0.3, -0.25) is 9.59 Å². The number of aliphatic carboxylic acids is 1. The lowest BCUT2D eigenvalue weighted by molar-refractivity contribution is -0.137. The second-order valence-corrected chi connectivity index (χ2v) is 9.21. The van der Waals surface area contributed by atoms with Crippen LogP contribution in [0.3, 0.4) is 0 Å². The van der Waals surface area contributed by atoms with Gasteiger partial charge in [0.1, 0.15) is 5.82 Å². The Morgan fingerprint density at radius 3 is 2.47 bits per heavy atom. The molecule has 1 aliphatic heterocycles. The first-order valence-electron chi connectivity index (χ1n) is 11.6. The fraction of sp³-hybridized carbons (Fsp3) is 0.280. The highest BCUT2D eigenvalue weighted by Gasteiger charge is 2.23. The molecule has 0 radical (unpaired) electrons. The molecule has 2 aromatic carbocycles. The number of carbonyl (C=O) groups excluding carboxylic acids is 1. The average molecular weight is 511 g/mol. The summed E-state index contributed by atoms with van der Waals surface area (Å²) in [6.07, 6.45) is 3.77. The Morgan fingerprint density at radius 2 is 1.81 bits per heavy atom. The van der Waals surface area contributed by atoms with Gasteiger partial charge in [0, 0.05) is 42.0 Å². The van der Waals surface area contributed by atoms with Gasteiger partial charge in [-0.05, 0) is 61.2 Å².